The molecule has 0 radical (unpaired) electrons. The molecule has 1 amide bonds. The Morgan fingerprint density at radius 2 is 1.94 bits per heavy atom. The van der Waals surface area contributed by atoms with Crippen molar-refractivity contribution in [2.75, 3.05) is 19.6 Å². The molecule has 18 heavy (non-hydrogen) atoms. The van der Waals surface area contributed by atoms with Crippen LogP contribution in [0.1, 0.15) is 31.7 Å². The fraction of sp³-hybridized carbons (Fsp3) is 0.500. The standard InChI is InChI=1S/C14H21ClN2O/c1-3-17(4-2)14(18)9-11(10-16)12-7-5-6-8-13(12)15/h5-8,11H,3-4,9-10,16H2,1-2H3. The molecule has 1 aromatic rings. The Labute approximate surface area is 114 Å². The molecular weight excluding hydrogens is 248 g/mol. The number of nitrogens with two attached hydrogens (primary N) is 1. The molecule has 0 saturated heterocycles. The molecule has 0 fully saturated rings. The van der Waals surface area contributed by atoms with Gasteiger partial charge in [-0.3, -0.25) is 4.79 Å². The van der Waals surface area contributed by atoms with Crippen LogP contribution in [0.4, 0.5) is 0 Å². The monoisotopic (exact) mass is 268 g/mol. The van der Waals surface area contributed by atoms with Gasteiger partial charge in [-0.15, -0.1) is 0 Å². The molecule has 0 aliphatic heterocycles. The van der Waals surface area contributed by atoms with E-state index in [1.165, 1.54) is 0 Å². The van der Waals surface area contributed by atoms with E-state index in [1.54, 1.807) is 0 Å². The highest BCUT2D eigenvalue weighted by Crippen LogP contribution is 2.26. The highest BCUT2D eigenvalue weighted by Gasteiger charge is 2.19. The first-order valence-electron chi connectivity index (χ1n) is 6.36. The molecule has 4 heteroatoms. The van der Waals surface area contributed by atoms with E-state index in [4.69, 9.17) is 17.3 Å². The molecule has 0 heterocycles. The summed E-state index contributed by atoms with van der Waals surface area (Å²) >= 11 is 6.15. The zero-order valence-electron chi connectivity index (χ0n) is 11.0. The lowest BCUT2D eigenvalue weighted by atomic mass is 9.95. The van der Waals surface area contributed by atoms with Crippen LogP contribution in [0.3, 0.4) is 0 Å². The molecule has 0 aliphatic carbocycles. The lowest BCUT2D eigenvalue weighted by molar-refractivity contribution is -0.131. The summed E-state index contributed by atoms with van der Waals surface area (Å²) in [4.78, 5) is 13.9. The molecular formula is C14H21ClN2O. The fourth-order valence-electron chi connectivity index (χ4n) is 2.04. The highest BCUT2D eigenvalue weighted by atomic mass is 35.5. The zero-order valence-corrected chi connectivity index (χ0v) is 11.8. The molecule has 1 atom stereocenters. The predicted octanol–water partition coefficient (Wildman–Crippen LogP) is 2.64. The normalized spacial score (nSPS) is 12.2. The Morgan fingerprint density at radius 1 is 1.33 bits per heavy atom. The maximum absolute atomic E-state index is 12.1. The highest BCUT2D eigenvalue weighted by molar-refractivity contribution is 6.31. The minimum atomic E-state index is -0.00759. The number of hydrogen-bond donors (Lipinski definition) is 1. The first-order chi connectivity index (χ1) is 8.63. The number of hydrogen-bond acceptors (Lipinski definition) is 2. The van der Waals surface area contributed by atoms with E-state index < -0.39 is 0 Å². The van der Waals surface area contributed by atoms with Crippen molar-refractivity contribution in [1.29, 1.82) is 0 Å². The van der Waals surface area contributed by atoms with E-state index in [0.29, 0.717) is 18.0 Å². The van der Waals surface area contributed by atoms with Gasteiger partial charge in [0.05, 0.1) is 0 Å². The van der Waals surface area contributed by atoms with Gasteiger partial charge in [-0.1, -0.05) is 29.8 Å². The molecule has 0 aromatic heterocycles. The van der Waals surface area contributed by atoms with Gasteiger partial charge in [-0.2, -0.15) is 0 Å². The summed E-state index contributed by atoms with van der Waals surface area (Å²) in [6.07, 6.45) is 0.419. The van der Waals surface area contributed by atoms with E-state index >= 15 is 0 Å². The van der Waals surface area contributed by atoms with Gasteiger partial charge in [0.1, 0.15) is 0 Å². The average Bonchev–Trinajstić information content (AvgIpc) is 2.38. The van der Waals surface area contributed by atoms with Gasteiger partial charge in [-0.25, -0.2) is 0 Å². The molecule has 1 rings (SSSR count). The van der Waals surface area contributed by atoms with Crippen LogP contribution in [0.2, 0.25) is 5.02 Å². The van der Waals surface area contributed by atoms with Gasteiger partial charge >= 0.3 is 0 Å². The number of benzene rings is 1. The SMILES string of the molecule is CCN(CC)C(=O)CC(CN)c1ccccc1Cl. The lowest BCUT2D eigenvalue weighted by Gasteiger charge is -2.22. The topological polar surface area (TPSA) is 46.3 Å². The van der Waals surface area contributed by atoms with Gasteiger partial charge in [0, 0.05) is 30.5 Å². The molecule has 0 spiro atoms. The zero-order chi connectivity index (χ0) is 13.5. The smallest absolute Gasteiger partial charge is 0.223 e. The van der Waals surface area contributed by atoms with Crippen molar-refractivity contribution in [2.24, 2.45) is 5.73 Å². The van der Waals surface area contributed by atoms with Crippen LogP contribution >= 0.6 is 11.6 Å². The lowest BCUT2D eigenvalue weighted by Crippen LogP contribution is -2.32. The van der Waals surface area contributed by atoms with Crippen molar-refractivity contribution in [3.63, 3.8) is 0 Å². The second-order valence-corrected chi connectivity index (χ2v) is 4.63. The Balaban J connectivity index is 2.80. The fourth-order valence-corrected chi connectivity index (χ4v) is 2.33. The Hall–Kier alpha value is -1.06. The third kappa shape index (κ3) is 3.72. The maximum atomic E-state index is 12.1. The third-order valence-corrected chi connectivity index (χ3v) is 3.51. The molecule has 2 N–H and O–H groups in total. The molecule has 3 nitrogen and oxygen atoms in total. The van der Waals surface area contributed by atoms with E-state index in [2.05, 4.69) is 0 Å². The summed E-state index contributed by atoms with van der Waals surface area (Å²) in [5.74, 6) is 0.127. The second-order valence-electron chi connectivity index (χ2n) is 4.22. The van der Waals surface area contributed by atoms with Gasteiger partial charge in [0.15, 0.2) is 0 Å². The van der Waals surface area contributed by atoms with Crippen molar-refractivity contribution in [1.82, 2.24) is 4.90 Å². The molecule has 0 bridgehead atoms. The summed E-state index contributed by atoms with van der Waals surface area (Å²) < 4.78 is 0. The van der Waals surface area contributed by atoms with Crippen LogP contribution in [-0.4, -0.2) is 30.4 Å². The maximum Gasteiger partial charge on any atom is 0.223 e. The van der Waals surface area contributed by atoms with Crippen LogP contribution in [0.5, 0.6) is 0 Å². The first-order valence-corrected chi connectivity index (χ1v) is 6.74. The Bertz CT molecular complexity index is 391. The van der Waals surface area contributed by atoms with Crippen LogP contribution in [-0.2, 0) is 4.79 Å². The minimum Gasteiger partial charge on any atom is -0.343 e. The molecule has 1 aromatic carbocycles. The van der Waals surface area contributed by atoms with Crippen LogP contribution < -0.4 is 5.73 Å². The predicted molar refractivity (Wildman–Crippen MR) is 75.8 cm³/mol. The summed E-state index contributed by atoms with van der Waals surface area (Å²) in [5.41, 5.74) is 6.74. The van der Waals surface area contributed by atoms with Gasteiger partial charge < -0.3 is 10.6 Å². The summed E-state index contributed by atoms with van der Waals surface area (Å²) in [6.45, 7) is 5.85. The molecule has 0 saturated carbocycles. The summed E-state index contributed by atoms with van der Waals surface area (Å²) in [7, 11) is 0. The van der Waals surface area contributed by atoms with Gasteiger partial charge in [0.25, 0.3) is 0 Å². The van der Waals surface area contributed by atoms with E-state index in [9.17, 15) is 4.79 Å². The van der Waals surface area contributed by atoms with Crippen molar-refractivity contribution in [3.8, 4) is 0 Å². The Morgan fingerprint density at radius 3 is 2.44 bits per heavy atom. The van der Waals surface area contributed by atoms with Gasteiger partial charge in [0.2, 0.25) is 5.91 Å². The van der Waals surface area contributed by atoms with E-state index in [0.717, 1.165) is 18.7 Å². The van der Waals surface area contributed by atoms with Crippen LogP contribution in [0.15, 0.2) is 24.3 Å². The van der Waals surface area contributed by atoms with Gasteiger partial charge in [-0.05, 0) is 32.0 Å². The van der Waals surface area contributed by atoms with Crippen molar-refractivity contribution >= 4 is 17.5 Å². The van der Waals surface area contributed by atoms with Crippen molar-refractivity contribution in [2.45, 2.75) is 26.2 Å². The van der Waals surface area contributed by atoms with Crippen molar-refractivity contribution in [3.05, 3.63) is 34.9 Å². The van der Waals surface area contributed by atoms with Crippen LogP contribution in [0, 0.1) is 0 Å². The first kappa shape index (κ1) is 15.0. The molecule has 1 unspecified atom stereocenters. The number of rotatable bonds is 6. The minimum absolute atomic E-state index is 0.00759. The van der Waals surface area contributed by atoms with Crippen molar-refractivity contribution < 1.29 is 4.79 Å². The number of carbonyl (C=O) groups is 1. The molecule has 0 aliphatic rings. The summed E-state index contributed by atoms with van der Waals surface area (Å²) in [6, 6.07) is 7.58. The summed E-state index contributed by atoms with van der Waals surface area (Å²) in [5, 5.41) is 0.681. The average molecular weight is 269 g/mol. The largest absolute Gasteiger partial charge is 0.343 e. The van der Waals surface area contributed by atoms with Crippen LogP contribution in [0.25, 0.3) is 0 Å². The van der Waals surface area contributed by atoms with E-state index in [1.807, 2.05) is 43.0 Å². The quantitative estimate of drug-likeness (QED) is 0.862. The number of carbonyl (C=O) groups excluding carboxylic acids is 1. The third-order valence-electron chi connectivity index (χ3n) is 3.17. The van der Waals surface area contributed by atoms with E-state index in [-0.39, 0.29) is 11.8 Å². The number of amides is 1. The number of halogens is 1. The molecule has 100 valence electrons. The Kier molecular flexibility index (Phi) is 6.16. The second kappa shape index (κ2) is 7.39. The number of nitrogens with zero attached hydrogens (tertiary/aromatic N) is 1.